The molecule has 6 nitrogen and oxygen atoms in total. The molecular weight excluding hydrogens is 330 g/mol. The van der Waals surface area contributed by atoms with Gasteiger partial charge in [0.1, 0.15) is 23.8 Å². The molecule has 1 fully saturated rings. The van der Waals surface area contributed by atoms with Crippen molar-refractivity contribution in [1.29, 1.82) is 0 Å². The molecule has 138 valence electrons. The number of ether oxygens (including phenoxy) is 2. The van der Waals surface area contributed by atoms with Crippen LogP contribution in [0, 0.1) is 6.92 Å². The highest BCUT2D eigenvalue weighted by molar-refractivity contribution is 5.95. The number of benzene rings is 1. The zero-order valence-electron chi connectivity index (χ0n) is 15.5. The average molecular weight is 355 g/mol. The summed E-state index contributed by atoms with van der Waals surface area (Å²) in [5, 5.41) is 2.96. The largest absolute Gasteiger partial charge is 0.490 e. The molecule has 1 N–H and O–H groups in total. The second-order valence-corrected chi connectivity index (χ2v) is 6.60. The van der Waals surface area contributed by atoms with Gasteiger partial charge in [-0.2, -0.15) is 0 Å². The van der Waals surface area contributed by atoms with Gasteiger partial charge in [-0.25, -0.2) is 4.98 Å². The van der Waals surface area contributed by atoms with E-state index >= 15 is 0 Å². The Kier molecular flexibility index (Phi) is 5.42. The maximum absolute atomic E-state index is 12.8. The third-order valence-electron chi connectivity index (χ3n) is 4.88. The second kappa shape index (κ2) is 7.74. The van der Waals surface area contributed by atoms with E-state index in [4.69, 9.17) is 9.47 Å². The Morgan fingerprint density at radius 2 is 2.15 bits per heavy atom. The molecule has 0 aliphatic carbocycles. The quantitative estimate of drug-likeness (QED) is 0.863. The van der Waals surface area contributed by atoms with Crippen LogP contribution in [0.4, 0.5) is 5.82 Å². The van der Waals surface area contributed by atoms with Crippen LogP contribution in [0.1, 0.15) is 22.3 Å². The maximum Gasteiger partial charge on any atom is 0.254 e. The number of rotatable bonds is 6. The number of carbonyl (C=O) groups is 1. The molecule has 1 aromatic heterocycles. The number of hydrogen-bond acceptors (Lipinski definition) is 5. The lowest BCUT2D eigenvalue weighted by Gasteiger charge is -2.28. The zero-order valence-corrected chi connectivity index (χ0v) is 15.5. The number of methoxy groups -OCH3 is 1. The summed E-state index contributed by atoms with van der Waals surface area (Å²) >= 11 is 0. The molecule has 3 rings (SSSR count). The first-order chi connectivity index (χ1) is 12.6. The number of anilines is 1. The van der Waals surface area contributed by atoms with Crippen molar-refractivity contribution < 1.29 is 14.3 Å². The Bertz CT molecular complexity index is 780. The molecule has 1 atom stereocenters. The predicted octanol–water partition coefficient (Wildman–Crippen LogP) is 2.74. The number of amides is 1. The first-order valence-corrected chi connectivity index (χ1v) is 8.73. The van der Waals surface area contributed by atoms with Crippen molar-refractivity contribution in [3.8, 4) is 5.75 Å². The smallest absolute Gasteiger partial charge is 0.254 e. The molecule has 1 aliphatic rings. The number of aryl methyl sites for hydroxylation is 1. The molecule has 0 spiro atoms. The Balaban J connectivity index is 1.68. The van der Waals surface area contributed by atoms with E-state index in [2.05, 4.69) is 10.3 Å². The minimum atomic E-state index is -0.489. The second-order valence-electron chi connectivity index (χ2n) is 6.60. The Morgan fingerprint density at radius 1 is 1.35 bits per heavy atom. The van der Waals surface area contributed by atoms with Crippen LogP contribution in [-0.4, -0.2) is 55.2 Å². The van der Waals surface area contributed by atoms with Crippen LogP contribution >= 0.6 is 0 Å². The van der Waals surface area contributed by atoms with E-state index in [-0.39, 0.29) is 5.91 Å². The third kappa shape index (κ3) is 3.80. The van der Waals surface area contributed by atoms with Crippen LogP contribution in [0.5, 0.6) is 5.75 Å². The molecule has 2 aromatic rings. The SMILES string of the molecule is CNc1cc(C(=O)N2CCC(COc3ccccc3C)(OC)C2)ccn1. The summed E-state index contributed by atoms with van der Waals surface area (Å²) in [6.45, 7) is 3.57. The fourth-order valence-corrected chi connectivity index (χ4v) is 3.17. The topological polar surface area (TPSA) is 63.7 Å². The van der Waals surface area contributed by atoms with Gasteiger partial charge in [0.15, 0.2) is 0 Å². The van der Waals surface area contributed by atoms with Gasteiger partial charge in [0.2, 0.25) is 0 Å². The van der Waals surface area contributed by atoms with Crippen LogP contribution in [0.2, 0.25) is 0 Å². The summed E-state index contributed by atoms with van der Waals surface area (Å²) in [6, 6.07) is 11.4. The number of aromatic nitrogens is 1. The van der Waals surface area contributed by atoms with E-state index in [1.807, 2.05) is 36.1 Å². The van der Waals surface area contributed by atoms with Crippen LogP contribution in [0.15, 0.2) is 42.6 Å². The van der Waals surface area contributed by atoms with E-state index in [1.54, 1.807) is 32.5 Å². The van der Waals surface area contributed by atoms with Gasteiger partial charge in [0, 0.05) is 32.5 Å². The highest BCUT2D eigenvalue weighted by Gasteiger charge is 2.41. The first kappa shape index (κ1) is 18.2. The number of para-hydroxylation sites is 1. The lowest BCUT2D eigenvalue weighted by molar-refractivity contribution is -0.0343. The van der Waals surface area contributed by atoms with E-state index in [9.17, 15) is 4.79 Å². The number of likely N-dealkylation sites (tertiary alicyclic amines) is 1. The number of hydrogen-bond donors (Lipinski definition) is 1. The van der Waals surface area contributed by atoms with Crippen molar-refractivity contribution >= 4 is 11.7 Å². The molecule has 6 heteroatoms. The van der Waals surface area contributed by atoms with Gasteiger partial charge in [0.25, 0.3) is 5.91 Å². The van der Waals surface area contributed by atoms with Crippen LogP contribution in [0.3, 0.4) is 0 Å². The van der Waals surface area contributed by atoms with Crippen molar-refractivity contribution in [3.63, 3.8) is 0 Å². The Hall–Kier alpha value is -2.60. The lowest BCUT2D eigenvalue weighted by atomic mass is 10.0. The average Bonchev–Trinajstić information content (AvgIpc) is 3.12. The molecule has 1 unspecified atom stereocenters. The molecule has 26 heavy (non-hydrogen) atoms. The molecular formula is C20H25N3O3. The van der Waals surface area contributed by atoms with Crippen molar-refractivity contribution in [1.82, 2.24) is 9.88 Å². The van der Waals surface area contributed by atoms with E-state index in [0.717, 1.165) is 17.7 Å². The van der Waals surface area contributed by atoms with Gasteiger partial charge < -0.3 is 19.7 Å². The third-order valence-corrected chi connectivity index (χ3v) is 4.88. The summed E-state index contributed by atoms with van der Waals surface area (Å²) in [7, 11) is 3.46. The molecule has 0 bridgehead atoms. The van der Waals surface area contributed by atoms with Crippen molar-refractivity contribution in [2.45, 2.75) is 18.9 Å². The van der Waals surface area contributed by atoms with Gasteiger partial charge in [-0.1, -0.05) is 18.2 Å². The normalized spacial score (nSPS) is 19.4. The summed E-state index contributed by atoms with van der Waals surface area (Å²) in [4.78, 5) is 18.8. The van der Waals surface area contributed by atoms with E-state index < -0.39 is 5.60 Å². The summed E-state index contributed by atoms with van der Waals surface area (Å²) in [6.07, 6.45) is 2.38. The molecule has 1 saturated heterocycles. The van der Waals surface area contributed by atoms with Gasteiger partial charge in [-0.15, -0.1) is 0 Å². The minimum absolute atomic E-state index is 0.0151. The fraction of sp³-hybridized carbons (Fsp3) is 0.400. The Morgan fingerprint density at radius 3 is 2.88 bits per heavy atom. The van der Waals surface area contributed by atoms with E-state index in [1.165, 1.54) is 0 Å². The predicted molar refractivity (Wildman–Crippen MR) is 101 cm³/mol. The molecule has 2 heterocycles. The number of nitrogens with one attached hydrogen (secondary N) is 1. The lowest BCUT2D eigenvalue weighted by Crippen LogP contribution is -2.42. The number of pyridine rings is 1. The standard InChI is InChI=1S/C20H25N3O3/c1-15-6-4-5-7-17(15)26-14-20(25-3)9-11-23(13-20)19(24)16-8-10-22-18(12-16)21-2/h4-8,10,12H,9,11,13-14H2,1-3H3,(H,21,22). The van der Waals surface area contributed by atoms with Gasteiger partial charge >= 0.3 is 0 Å². The molecule has 0 saturated carbocycles. The van der Waals surface area contributed by atoms with Crippen molar-refractivity contribution in [3.05, 3.63) is 53.7 Å². The van der Waals surface area contributed by atoms with Gasteiger partial charge in [-0.05, 0) is 37.1 Å². The van der Waals surface area contributed by atoms with Gasteiger partial charge in [0.05, 0.1) is 6.54 Å². The molecule has 1 amide bonds. The van der Waals surface area contributed by atoms with Crippen LogP contribution in [0.25, 0.3) is 0 Å². The van der Waals surface area contributed by atoms with Gasteiger partial charge in [-0.3, -0.25) is 4.79 Å². The van der Waals surface area contributed by atoms with Crippen LogP contribution < -0.4 is 10.1 Å². The Labute approximate surface area is 154 Å². The number of nitrogens with zero attached hydrogens (tertiary/aromatic N) is 2. The highest BCUT2D eigenvalue weighted by Crippen LogP contribution is 2.28. The molecule has 1 aromatic carbocycles. The summed E-state index contributed by atoms with van der Waals surface area (Å²) < 4.78 is 11.8. The van der Waals surface area contributed by atoms with Crippen molar-refractivity contribution in [2.24, 2.45) is 0 Å². The van der Waals surface area contributed by atoms with Crippen LogP contribution in [-0.2, 0) is 4.74 Å². The first-order valence-electron chi connectivity index (χ1n) is 8.73. The minimum Gasteiger partial charge on any atom is -0.490 e. The molecule has 0 radical (unpaired) electrons. The maximum atomic E-state index is 12.8. The summed E-state index contributed by atoms with van der Waals surface area (Å²) in [5.74, 6) is 1.51. The van der Waals surface area contributed by atoms with E-state index in [0.29, 0.717) is 31.1 Å². The fourth-order valence-electron chi connectivity index (χ4n) is 3.17. The zero-order chi connectivity index (χ0) is 18.6. The van der Waals surface area contributed by atoms with Crippen molar-refractivity contribution in [2.75, 3.05) is 39.2 Å². The molecule has 1 aliphatic heterocycles. The number of carbonyl (C=O) groups excluding carboxylic acids is 1. The monoisotopic (exact) mass is 355 g/mol. The summed E-state index contributed by atoms with van der Waals surface area (Å²) in [5.41, 5.74) is 1.22. The highest BCUT2D eigenvalue weighted by atomic mass is 16.5.